The van der Waals surface area contributed by atoms with Gasteiger partial charge in [0.25, 0.3) is 0 Å². The van der Waals surface area contributed by atoms with Gasteiger partial charge in [-0.15, -0.1) is 0 Å². The summed E-state index contributed by atoms with van der Waals surface area (Å²) in [4.78, 5) is 17.2. The lowest BCUT2D eigenvalue weighted by Crippen LogP contribution is -2.22. The maximum Gasteiger partial charge on any atom is 0.335 e. The van der Waals surface area contributed by atoms with Crippen LogP contribution in [0.25, 0.3) is 0 Å². The van der Waals surface area contributed by atoms with E-state index in [1.165, 1.54) is 5.56 Å². The minimum Gasteiger partial charge on any atom is -0.478 e. The Hall–Kier alpha value is -2.20. The quantitative estimate of drug-likeness (QED) is 0.907. The lowest BCUT2D eigenvalue weighted by Gasteiger charge is -2.25. The van der Waals surface area contributed by atoms with Crippen molar-refractivity contribution in [3.05, 3.63) is 65.5 Å². The van der Waals surface area contributed by atoms with Crippen LogP contribution in [0.5, 0.6) is 0 Å². The van der Waals surface area contributed by atoms with Gasteiger partial charge in [0.15, 0.2) is 0 Å². The smallest absolute Gasteiger partial charge is 0.335 e. The van der Waals surface area contributed by atoms with Gasteiger partial charge in [0.1, 0.15) is 0 Å². The number of rotatable bonds is 5. The fourth-order valence-corrected chi connectivity index (χ4v) is 2.12. The second-order valence-corrected chi connectivity index (χ2v) is 4.88. The summed E-state index contributed by atoms with van der Waals surface area (Å²) in [7, 11) is 2.03. The molecule has 0 aliphatic heterocycles. The molecule has 1 atom stereocenters. The zero-order chi connectivity index (χ0) is 14.5. The van der Waals surface area contributed by atoms with E-state index < -0.39 is 5.97 Å². The van der Waals surface area contributed by atoms with Crippen molar-refractivity contribution in [2.75, 3.05) is 7.05 Å². The molecule has 0 fully saturated rings. The average molecular weight is 270 g/mol. The van der Waals surface area contributed by atoms with Crippen molar-refractivity contribution in [3.63, 3.8) is 0 Å². The summed E-state index contributed by atoms with van der Waals surface area (Å²) in [5, 5.41) is 9.01. The Labute approximate surface area is 118 Å². The van der Waals surface area contributed by atoms with Crippen molar-refractivity contribution in [3.8, 4) is 0 Å². The highest BCUT2D eigenvalue weighted by molar-refractivity contribution is 5.87. The first kappa shape index (κ1) is 14.2. The molecule has 0 saturated heterocycles. The lowest BCUT2D eigenvalue weighted by atomic mass is 10.1. The molecule has 1 aromatic carbocycles. The van der Waals surface area contributed by atoms with Crippen molar-refractivity contribution in [1.29, 1.82) is 0 Å². The van der Waals surface area contributed by atoms with E-state index in [9.17, 15) is 4.79 Å². The highest BCUT2D eigenvalue weighted by atomic mass is 16.4. The zero-order valence-corrected chi connectivity index (χ0v) is 11.7. The minimum absolute atomic E-state index is 0.242. The third kappa shape index (κ3) is 3.42. The molecule has 1 unspecified atom stereocenters. The molecule has 4 nitrogen and oxygen atoms in total. The highest BCUT2D eigenvalue weighted by Crippen LogP contribution is 2.20. The van der Waals surface area contributed by atoms with E-state index in [0.717, 1.165) is 5.56 Å². The topological polar surface area (TPSA) is 53.4 Å². The van der Waals surface area contributed by atoms with Crippen LogP contribution in [0.4, 0.5) is 0 Å². The molecule has 20 heavy (non-hydrogen) atoms. The predicted molar refractivity (Wildman–Crippen MR) is 77.5 cm³/mol. The Morgan fingerprint density at radius 1 is 1.30 bits per heavy atom. The maximum atomic E-state index is 11.0. The second-order valence-electron chi connectivity index (χ2n) is 4.88. The van der Waals surface area contributed by atoms with Crippen LogP contribution in [0.1, 0.15) is 34.5 Å². The first-order valence-corrected chi connectivity index (χ1v) is 6.50. The van der Waals surface area contributed by atoms with Crippen LogP contribution in [0.3, 0.4) is 0 Å². The molecule has 1 aromatic heterocycles. The molecule has 2 aromatic rings. The van der Waals surface area contributed by atoms with E-state index in [1.807, 2.05) is 25.2 Å². The van der Waals surface area contributed by atoms with Gasteiger partial charge >= 0.3 is 5.97 Å². The highest BCUT2D eigenvalue weighted by Gasteiger charge is 2.12. The van der Waals surface area contributed by atoms with Gasteiger partial charge in [-0.25, -0.2) is 4.79 Å². The first-order valence-electron chi connectivity index (χ1n) is 6.50. The Morgan fingerprint density at radius 2 is 2.00 bits per heavy atom. The molecule has 4 heteroatoms. The summed E-state index contributed by atoms with van der Waals surface area (Å²) in [5.74, 6) is -0.892. The number of hydrogen-bond donors (Lipinski definition) is 1. The number of carboxylic acids is 1. The van der Waals surface area contributed by atoms with Crippen LogP contribution in [0, 0.1) is 0 Å². The number of nitrogens with zero attached hydrogens (tertiary/aromatic N) is 2. The summed E-state index contributed by atoms with van der Waals surface area (Å²) in [6.07, 6.45) is 3.56. The van der Waals surface area contributed by atoms with Gasteiger partial charge in [-0.2, -0.15) is 0 Å². The van der Waals surface area contributed by atoms with E-state index in [1.54, 1.807) is 30.6 Å². The molecular weight excluding hydrogens is 252 g/mol. The maximum absolute atomic E-state index is 11.0. The van der Waals surface area contributed by atoms with Gasteiger partial charge < -0.3 is 5.11 Å². The number of hydrogen-bond acceptors (Lipinski definition) is 3. The Morgan fingerprint density at radius 3 is 2.65 bits per heavy atom. The van der Waals surface area contributed by atoms with Gasteiger partial charge in [0.2, 0.25) is 0 Å². The number of pyridine rings is 1. The molecule has 0 bridgehead atoms. The number of aromatic carboxylic acids is 1. The zero-order valence-electron chi connectivity index (χ0n) is 11.7. The fraction of sp³-hybridized carbons (Fsp3) is 0.250. The van der Waals surface area contributed by atoms with Crippen molar-refractivity contribution in [2.24, 2.45) is 0 Å². The van der Waals surface area contributed by atoms with E-state index in [0.29, 0.717) is 12.1 Å². The molecule has 1 heterocycles. The monoisotopic (exact) mass is 270 g/mol. The molecule has 0 spiro atoms. The molecule has 1 N–H and O–H groups in total. The van der Waals surface area contributed by atoms with Crippen LogP contribution >= 0.6 is 0 Å². The first-order chi connectivity index (χ1) is 9.58. The molecule has 0 aliphatic carbocycles. The van der Waals surface area contributed by atoms with Crippen LogP contribution in [0.2, 0.25) is 0 Å². The number of benzene rings is 1. The van der Waals surface area contributed by atoms with Crippen molar-refractivity contribution < 1.29 is 9.90 Å². The van der Waals surface area contributed by atoms with E-state index >= 15 is 0 Å². The normalized spacial score (nSPS) is 12.3. The molecule has 0 aliphatic rings. The van der Waals surface area contributed by atoms with E-state index in [-0.39, 0.29) is 6.04 Å². The second kappa shape index (κ2) is 6.30. The van der Waals surface area contributed by atoms with Crippen molar-refractivity contribution >= 4 is 5.97 Å². The largest absolute Gasteiger partial charge is 0.478 e. The summed E-state index contributed by atoms with van der Waals surface area (Å²) in [6, 6.07) is 11.3. The number of carbonyl (C=O) groups is 1. The van der Waals surface area contributed by atoms with Gasteiger partial charge in [-0.05, 0) is 49.4 Å². The molecule has 0 amide bonds. The van der Waals surface area contributed by atoms with Crippen LogP contribution in [-0.4, -0.2) is 28.0 Å². The van der Waals surface area contributed by atoms with Gasteiger partial charge in [-0.1, -0.05) is 12.1 Å². The summed E-state index contributed by atoms with van der Waals surface area (Å²) >= 11 is 0. The molecule has 0 saturated carbocycles. The van der Waals surface area contributed by atoms with Crippen LogP contribution in [-0.2, 0) is 6.54 Å². The van der Waals surface area contributed by atoms with Crippen LogP contribution < -0.4 is 0 Å². The Bertz CT molecular complexity index is 584. The molecular formula is C16H18N2O2. The summed E-state index contributed by atoms with van der Waals surface area (Å²) in [6.45, 7) is 2.82. The third-order valence-corrected chi connectivity index (χ3v) is 3.46. The van der Waals surface area contributed by atoms with E-state index in [2.05, 4.69) is 16.8 Å². The predicted octanol–water partition coefficient (Wildman–Crippen LogP) is 2.97. The van der Waals surface area contributed by atoms with Gasteiger partial charge in [-0.3, -0.25) is 9.88 Å². The minimum atomic E-state index is -0.892. The van der Waals surface area contributed by atoms with Gasteiger partial charge in [0, 0.05) is 25.0 Å². The Kier molecular flexibility index (Phi) is 4.48. The molecule has 2 rings (SSSR count). The third-order valence-electron chi connectivity index (χ3n) is 3.46. The standard InChI is InChI=1S/C16H18N2O2/c1-12(14-6-8-17-9-7-14)18(2)11-13-4-3-5-15(10-13)16(19)20/h3-10,12H,11H2,1-2H3,(H,19,20). The number of aromatic nitrogens is 1. The molecule has 104 valence electrons. The van der Waals surface area contributed by atoms with Crippen LogP contribution in [0.15, 0.2) is 48.8 Å². The van der Waals surface area contributed by atoms with E-state index in [4.69, 9.17) is 5.11 Å². The van der Waals surface area contributed by atoms with Crippen molar-refractivity contribution in [2.45, 2.75) is 19.5 Å². The number of carboxylic acid groups (broad SMARTS) is 1. The summed E-state index contributed by atoms with van der Waals surface area (Å²) < 4.78 is 0. The summed E-state index contributed by atoms with van der Waals surface area (Å²) in [5.41, 5.74) is 2.51. The SMILES string of the molecule is CC(c1ccncc1)N(C)Cc1cccc(C(=O)O)c1. The van der Waals surface area contributed by atoms with Crippen molar-refractivity contribution in [1.82, 2.24) is 9.88 Å². The molecule has 0 radical (unpaired) electrons. The van der Waals surface area contributed by atoms with Gasteiger partial charge in [0.05, 0.1) is 5.56 Å². The Balaban J connectivity index is 2.09. The average Bonchev–Trinajstić information content (AvgIpc) is 2.47. The fourth-order valence-electron chi connectivity index (χ4n) is 2.12. The lowest BCUT2D eigenvalue weighted by molar-refractivity contribution is 0.0696.